The zero-order chi connectivity index (χ0) is 15.5. The highest BCUT2D eigenvalue weighted by atomic mass is 32.1. The lowest BCUT2D eigenvalue weighted by atomic mass is 10.0. The van der Waals surface area contributed by atoms with Gasteiger partial charge in [0.1, 0.15) is 11.8 Å². The summed E-state index contributed by atoms with van der Waals surface area (Å²) in [6.45, 7) is 2.73. The minimum Gasteiger partial charge on any atom is -0.482 e. The molecule has 1 aliphatic rings. The largest absolute Gasteiger partial charge is 0.482 e. The Morgan fingerprint density at radius 3 is 3.09 bits per heavy atom. The van der Waals surface area contributed by atoms with Crippen molar-refractivity contribution in [3.8, 4) is 11.8 Å². The second kappa shape index (κ2) is 6.20. The number of fused-ring (bicyclic) bond motifs is 1. The Balaban J connectivity index is 1.67. The molecule has 3 rings (SSSR count). The molecule has 1 aliphatic heterocycles. The molecule has 0 N–H and O–H groups in total. The third-order valence-electron chi connectivity index (χ3n) is 3.96. The van der Waals surface area contributed by atoms with Crippen LogP contribution in [0.2, 0.25) is 0 Å². The van der Waals surface area contributed by atoms with E-state index in [9.17, 15) is 4.79 Å². The molecular weight excluding hydrogens is 296 g/mol. The number of para-hydroxylation sites is 1. The number of thiophene rings is 1. The normalized spacial score (nSPS) is 16.7. The number of hydrogen-bond donors (Lipinski definition) is 0. The lowest BCUT2D eigenvalue weighted by Crippen LogP contribution is -2.40. The number of benzene rings is 1. The lowest BCUT2D eigenvalue weighted by molar-refractivity contribution is -0.135. The van der Waals surface area contributed by atoms with Crippen LogP contribution in [-0.2, 0) is 11.2 Å². The van der Waals surface area contributed by atoms with Crippen molar-refractivity contribution < 1.29 is 9.53 Å². The number of carbonyl (C=O) groups is 1. The number of carbonyl (C=O) groups excluding carboxylic acids is 1. The van der Waals surface area contributed by atoms with Gasteiger partial charge in [-0.2, -0.15) is 5.26 Å². The van der Waals surface area contributed by atoms with Crippen molar-refractivity contribution in [2.75, 3.05) is 13.2 Å². The van der Waals surface area contributed by atoms with Crippen LogP contribution >= 0.6 is 11.3 Å². The molecule has 0 fully saturated rings. The third kappa shape index (κ3) is 2.70. The molecule has 1 aromatic carbocycles. The van der Waals surface area contributed by atoms with Gasteiger partial charge in [-0.15, -0.1) is 11.3 Å². The summed E-state index contributed by atoms with van der Waals surface area (Å²) in [6, 6.07) is 11.2. The first-order valence-electron chi connectivity index (χ1n) is 7.18. The van der Waals surface area contributed by atoms with Crippen LogP contribution in [0.25, 0.3) is 0 Å². The summed E-state index contributed by atoms with van der Waals surface area (Å²) >= 11 is 1.75. The van der Waals surface area contributed by atoms with E-state index in [-0.39, 0.29) is 18.6 Å². The van der Waals surface area contributed by atoms with E-state index in [1.54, 1.807) is 35.6 Å². The first-order chi connectivity index (χ1) is 10.7. The zero-order valence-electron chi connectivity index (χ0n) is 12.3. The molecule has 1 atom stereocenters. The fourth-order valence-corrected chi connectivity index (χ4v) is 3.72. The number of amides is 1. The molecule has 0 aliphatic carbocycles. The second-order valence-electron chi connectivity index (χ2n) is 5.21. The van der Waals surface area contributed by atoms with Gasteiger partial charge in [0.25, 0.3) is 5.91 Å². The fraction of sp³-hybridized carbons (Fsp3) is 0.294. The van der Waals surface area contributed by atoms with Crippen LogP contribution in [0.15, 0.2) is 35.7 Å². The standard InChI is InChI=1S/C17H16N2O2S/c1-12-14-7-9-22-16(14)6-8-19(12)17(20)11-21-15-5-3-2-4-13(15)10-18/h2-5,7,9,12H,6,8,11H2,1H3/t12-/m0/s1. The molecule has 2 heterocycles. The molecule has 0 bridgehead atoms. The maximum Gasteiger partial charge on any atom is 0.261 e. The summed E-state index contributed by atoms with van der Waals surface area (Å²) in [5, 5.41) is 11.1. The van der Waals surface area contributed by atoms with E-state index in [1.165, 1.54) is 10.4 Å². The van der Waals surface area contributed by atoms with Crippen molar-refractivity contribution in [1.82, 2.24) is 4.90 Å². The van der Waals surface area contributed by atoms with Gasteiger partial charge in [-0.05, 0) is 42.5 Å². The molecule has 0 unspecified atom stereocenters. The topological polar surface area (TPSA) is 53.3 Å². The predicted octanol–water partition coefficient (Wildman–Crippen LogP) is 3.14. The Hall–Kier alpha value is -2.32. The van der Waals surface area contributed by atoms with Gasteiger partial charge in [0.2, 0.25) is 0 Å². The molecule has 2 aromatic rings. The van der Waals surface area contributed by atoms with E-state index >= 15 is 0 Å². The predicted molar refractivity (Wildman–Crippen MR) is 84.8 cm³/mol. The Kier molecular flexibility index (Phi) is 4.12. The van der Waals surface area contributed by atoms with Crippen LogP contribution < -0.4 is 4.74 Å². The molecule has 5 heteroatoms. The number of rotatable bonds is 3. The van der Waals surface area contributed by atoms with Gasteiger partial charge in [-0.3, -0.25) is 4.79 Å². The highest BCUT2D eigenvalue weighted by Crippen LogP contribution is 2.32. The molecular formula is C17H16N2O2S. The molecule has 22 heavy (non-hydrogen) atoms. The first-order valence-corrected chi connectivity index (χ1v) is 8.06. The summed E-state index contributed by atoms with van der Waals surface area (Å²) in [5.41, 5.74) is 1.68. The number of nitrogens with zero attached hydrogens (tertiary/aromatic N) is 2. The van der Waals surface area contributed by atoms with Crippen molar-refractivity contribution in [2.24, 2.45) is 0 Å². The fourth-order valence-electron chi connectivity index (χ4n) is 2.76. The van der Waals surface area contributed by atoms with Crippen LogP contribution in [0.5, 0.6) is 5.75 Å². The van der Waals surface area contributed by atoms with E-state index in [4.69, 9.17) is 10.00 Å². The highest BCUT2D eigenvalue weighted by molar-refractivity contribution is 7.10. The van der Waals surface area contributed by atoms with Crippen molar-refractivity contribution >= 4 is 17.2 Å². The molecule has 1 amide bonds. The first kappa shape index (κ1) is 14.6. The van der Waals surface area contributed by atoms with Gasteiger partial charge in [0, 0.05) is 11.4 Å². The molecule has 0 saturated carbocycles. The van der Waals surface area contributed by atoms with Crippen molar-refractivity contribution in [3.05, 3.63) is 51.7 Å². The van der Waals surface area contributed by atoms with Crippen LogP contribution in [0.1, 0.15) is 29.0 Å². The number of nitriles is 1. The molecule has 0 radical (unpaired) electrons. The van der Waals surface area contributed by atoms with Crippen molar-refractivity contribution in [1.29, 1.82) is 5.26 Å². The van der Waals surface area contributed by atoms with Gasteiger partial charge in [-0.1, -0.05) is 12.1 Å². The van der Waals surface area contributed by atoms with Gasteiger partial charge in [0.05, 0.1) is 11.6 Å². The Morgan fingerprint density at radius 2 is 2.27 bits per heavy atom. The zero-order valence-corrected chi connectivity index (χ0v) is 13.1. The minimum absolute atomic E-state index is 0.0392. The molecule has 0 spiro atoms. The lowest BCUT2D eigenvalue weighted by Gasteiger charge is -2.33. The van der Waals surface area contributed by atoms with E-state index < -0.39 is 0 Å². The van der Waals surface area contributed by atoms with E-state index in [1.807, 2.05) is 11.8 Å². The minimum atomic E-state index is -0.0444. The second-order valence-corrected chi connectivity index (χ2v) is 6.21. The summed E-state index contributed by atoms with van der Waals surface area (Å²) in [6.07, 6.45) is 0.901. The van der Waals surface area contributed by atoms with Crippen LogP contribution in [0.4, 0.5) is 0 Å². The Labute approximate surface area is 133 Å². The van der Waals surface area contributed by atoms with Gasteiger partial charge < -0.3 is 9.64 Å². The molecule has 112 valence electrons. The average molecular weight is 312 g/mol. The molecule has 4 nitrogen and oxygen atoms in total. The summed E-state index contributed by atoms with van der Waals surface area (Å²) < 4.78 is 5.55. The maximum absolute atomic E-state index is 12.4. The highest BCUT2D eigenvalue weighted by Gasteiger charge is 2.28. The Morgan fingerprint density at radius 1 is 1.45 bits per heavy atom. The smallest absolute Gasteiger partial charge is 0.261 e. The van der Waals surface area contributed by atoms with E-state index in [2.05, 4.69) is 17.5 Å². The monoisotopic (exact) mass is 312 g/mol. The Bertz CT molecular complexity index is 732. The van der Waals surface area contributed by atoms with E-state index in [0.717, 1.165) is 13.0 Å². The van der Waals surface area contributed by atoms with Crippen LogP contribution in [-0.4, -0.2) is 24.0 Å². The van der Waals surface area contributed by atoms with E-state index in [0.29, 0.717) is 11.3 Å². The summed E-state index contributed by atoms with van der Waals surface area (Å²) in [5.74, 6) is 0.413. The van der Waals surface area contributed by atoms with Crippen molar-refractivity contribution in [3.63, 3.8) is 0 Å². The quantitative estimate of drug-likeness (QED) is 0.875. The van der Waals surface area contributed by atoms with Crippen LogP contribution in [0, 0.1) is 11.3 Å². The molecule has 1 aromatic heterocycles. The summed E-state index contributed by atoms with van der Waals surface area (Å²) in [4.78, 5) is 15.7. The summed E-state index contributed by atoms with van der Waals surface area (Å²) in [7, 11) is 0. The number of hydrogen-bond acceptors (Lipinski definition) is 4. The average Bonchev–Trinajstić information content (AvgIpc) is 3.02. The van der Waals surface area contributed by atoms with Gasteiger partial charge >= 0.3 is 0 Å². The maximum atomic E-state index is 12.4. The van der Waals surface area contributed by atoms with Crippen molar-refractivity contribution in [2.45, 2.75) is 19.4 Å². The molecule has 0 saturated heterocycles. The van der Waals surface area contributed by atoms with Crippen LogP contribution in [0.3, 0.4) is 0 Å². The van der Waals surface area contributed by atoms with Gasteiger partial charge in [0.15, 0.2) is 6.61 Å². The third-order valence-corrected chi connectivity index (χ3v) is 4.95. The SMILES string of the molecule is C[C@H]1c2ccsc2CCN1C(=O)COc1ccccc1C#N. The number of ether oxygens (including phenoxy) is 1. The van der Waals surface area contributed by atoms with Gasteiger partial charge in [-0.25, -0.2) is 0 Å².